The van der Waals surface area contributed by atoms with E-state index in [1.165, 1.54) is 127 Å². The maximum Gasteiger partial charge on any atom is 0.0541 e. The molecule has 0 radical (unpaired) electrons. The normalized spacial score (nSPS) is 12.0. The molecule has 0 aliphatic rings. The summed E-state index contributed by atoms with van der Waals surface area (Å²) in [5, 5.41) is 10.3. The van der Waals surface area contributed by atoms with Crippen LogP contribution in [0.5, 0.6) is 0 Å². The molecule has 0 unspecified atom stereocenters. The van der Waals surface area contributed by atoms with E-state index in [0.29, 0.717) is 0 Å². The van der Waals surface area contributed by atoms with E-state index in [1.807, 2.05) is 11.3 Å². The highest BCUT2D eigenvalue weighted by atomic mass is 32.1. The van der Waals surface area contributed by atoms with Crippen LogP contribution in [0.2, 0.25) is 0 Å². The average molecular weight is 773 g/mol. The molecule has 0 atom stereocenters. The molecule has 0 spiro atoms. The van der Waals surface area contributed by atoms with Gasteiger partial charge in [-0.25, -0.2) is 0 Å². The van der Waals surface area contributed by atoms with Crippen molar-refractivity contribution in [1.82, 2.24) is 9.13 Å². The number of aromatic nitrogens is 2. The Hall–Kier alpha value is -6.94. The first kappa shape index (κ1) is 34.1. The van der Waals surface area contributed by atoms with Crippen molar-refractivity contribution in [2.75, 3.05) is 0 Å². The maximum absolute atomic E-state index is 2.43. The van der Waals surface area contributed by atoms with Crippen molar-refractivity contribution >= 4 is 85.9 Å². The molecule has 0 saturated carbocycles. The maximum atomic E-state index is 2.43. The van der Waals surface area contributed by atoms with Gasteiger partial charge in [0.15, 0.2) is 0 Å². The largest absolute Gasteiger partial charge is 0.309 e. The second-order valence-corrected chi connectivity index (χ2v) is 17.0. The summed E-state index contributed by atoms with van der Waals surface area (Å²) < 4.78 is 7.65. The first-order chi connectivity index (χ1) is 29.2. The Bertz CT molecular complexity index is 3600. The number of benzene rings is 9. The standard InChI is InChI=1S/C56H40N2S/c1-2-3-12-38-24-30-44(55-47-17-8-11-20-54(47)59-56(38)55)37-22-27-42(28-23-37)57-50-18-9-6-15-45(50)48-34-40(25-31-52(48)57)41-26-32-53-49(35-41)46-16-7-10-19-51(46)58(53)43-29-21-36-13-4-5-14-39(36)33-43/h4-11,13-35H,2-3,12H2,1H3. The first-order valence-corrected chi connectivity index (χ1v) is 21.6. The molecule has 0 saturated heterocycles. The lowest BCUT2D eigenvalue weighted by molar-refractivity contribution is 0.800. The van der Waals surface area contributed by atoms with Crippen LogP contribution in [0, 0.1) is 0 Å². The van der Waals surface area contributed by atoms with Crippen molar-refractivity contribution in [3.63, 3.8) is 0 Å². The minimum absolute atomic E-state index is 1.12. The smallest absolute Gasteiger partial charge is 0.0541 e. The fourth-order valence-corrected chi connectivity index (χ4v) is 10.9. The third kappa shape index (κ3) is 5.39. The van der Waals surface area contributed by atoms with Gasteiger partial charge in [0.1, 0.15) is 0 Å². The molecule has 0 fully saturated rings. The fourth-order valence-electron chi connectivity index (χ4n) is 9.65. The minimum atomic E-state index is 1.12. The first-order valence-electron chi connectivity index (χ1n) is 20.8. The van der Waals surface area contributed by atoms with E-state index in [2.05, 4.69) is 204 Å². The molecule has 2 nitrogen and oxygen atoms in total. The van der Waals surface area contributed by atoms with Crippen LogP contribution in [-0.2, 0) is 6.42 Å². The molecule has 0 bridgehead atoms. The lowest BCUT2D eigenvalue weighted by Gasteiger charge is -2.12. The Labute approximate surface area is 346 Å². The summed E-state index contributed by atoms with van der Waals surface area (Å²) in [6.45, 7) is 2.28. The molecule has 3 heterocycles. The van der Waals surface area contributed by atoms with E-state index in [0.717, 1.165) is 6.42 Å². The fraction of sp³-hybridized carbons (Fsp3) is 0.0714. The molecular formula is C56H40N2S. The van der Waals surface area contributed by atoms with Crippen LogP contribution in [0.1, 0.15) is 25.3 Å². The van der Waals surface area contributed by atoms with Gasteiger partial charge in [-0.1, -0.05) is 135 Å². The zero-order chi connectivity index (χ0) is 39.0. The summed E-state index contributed by atoms with van der Waals surface area (Å²) in [5.74, 6) is 0. The second-order valence-electron chi connectivity index (χ2n) is 15.9. The average Bonchev–Trinajstić information content (AvgIpc) is 3.96. The van der Waals surface area contributed by atoms with Crippen molar-refractivity contribution in [2.24, 2.45) is 0 Å². The number of unbranched alkanes of at least 4 members (excludes halogenated alkanes) is 1. The van der Waals surface area contributed by atoms with E-state index in [4.69, 9.17) is 0 Å². The summed E-state index contributed by atoms with van der Waals surface area (Å²) in [7, 11) is 0. The Balaban J connectivity index is 0.961. The topological polar surface area (TPSA) is 9.86 Å². The van der Waals surface area contributed by atoms with Gasteiger partial charge in [-0.2, -0.15) is 0 Å². The highest BCUT2D eigenvalue weighted by Crippen LogP contribution is 2.43. The van der Waals surface area contributed by atoms with Gasteiger partial charge in [0, 0.05) is 53.1 Å². The lowest BCUT2D eigenvalue weighted by Crippen LogP contribution is -1.94. The van der Waals surface area contributed by atoms with Crippen LogP contribution < -0.4 is 0 Å². The Kier molecular flexibility index (Phi) is 7.86. The van der Waals surface area contributed by atoms with Gasteiger partial charge in [0.2, 0.25) is 0 Å². The monoisotopic (exact) mass is 772 g/mol. The van der Waals surface area contributed by atoms with Gasteiger partial charge in [0.05, 0.1) is 22.1 Å². The lowest BCUT2D eigenvalue weighted by atomic mass is 9.95. The number of para-hydroxylation sites is 2. The third-order valence-electron chi connectivity index (χ3n) is 12.5. The third-order valence-corrected chi connectivity index (χ3v) is 13.8. The number of nitrogens with zero attached hydrogens (tertiary/aromatic N) is 2. The molecule has 59 heavy (non-hydrogen) atoms. The SMILES string of the molecule is CCCCc1ccc(-c2ccc(-n3c4ccccc4c4cc(-c5ccc6c(c5)c5ccccc5n6-c5ccc6ccccc6c5)ccc43)cc2)c2c1sc1ccccc12. The molecule has 3 heteroatoms. The van der Waals surface area contributed by atoms with Crippen LogP contribution >= 0.6 is 11.3 Å². The van der Waals surface area contributed by atoms with Gasteiger partial charge in [-0.15, -0.1) is 11.3 Å². The summed E-state index contributed by atoms with van der Waals surface area (Å²) in [6.07, 6.45) is 3.54. The number of hydrogen-bond donors (Lipinski definition) is 0. The van der Waals surface area contributed by atoms with Gasteiger partial charge in [0.25, 0.3) is 0 Å². The molecule has 12 aromatic rings. The molecule has 0 aliphatic carbocycles. The molecule has 0 amide bonds. The summed E-state index contributed by atoms with van der Waals surface area (Å²) >= 11 is 1.95. The molecular weight excluding hydrogens is 733 g/mol. The van der Waals surface area contributed by atoms with Crippen LogP contribution in [0.3, 0.4) is 0 Å². The van der Waals surface area contributed by atoms with Crippen LogP contribution in [0.4, 0.5) is 0 Å². The van der Waals surface area contributed by atoms with E-state index >= 15 is 0 Å². The van der Waals surface area contributed by atoms with Crippen molar-refractivity contribution in [3.8, 4) is 33.6 Å². The zero-order valence-corrected chi connectivity index (χ0v) is 33.6. The Morgan fingerprint density at radius 2 is 0.983 bits per heavy atom. The molecule has 0 N–H and O–H groups in total. The predicted molar refractivity (Wildman–Crippen MR) is 255 cm³/mol. The van der Waals surface area contributed by atoms with Gasteiger partial charge in [-0.3, -0.25) is 0 Å². The molecule has 9 aromatic carbocycles. The van der Waals surface area contributed by atoms with E-state index in [-0.39, 0.29) is 0 Å². The number of thiophene rings is 1. The number of hydrogen-bond acceptors (Lipinski definition) is 1. The number of fused-ring (bicyclic) bond motifs is 10. The molecule has 12 rings (SSSR count). The van der Waals surface area contributed by atoms with E-state index in [9.17, 15) is 0 Å². The minimum Gasteiger partial charge on any atom is -0.309 e. The highest BCUT2D eigenvalue weighted by molar-refractivity contribution is 7.26. The molecule has 280 valence electrons. The van der Waals surface area contributed by atoms with Crippen LogP contribution in [-0.4, -0.2) is 9.13 Å². The highest BCUT2D eigenvalue weighted by Gasteiger charge is 2.18. The van der Waals surface area contributed by atoms with Crippen LogP contribution in [0.25, 0.3) is 108 Å². The molecule has 3 aromatic heterocycles. The Morgan fingerprint density at radius 1 is 0.424 bits per heavy atom. The Morgan fingerprint density at radius 3 is 1.68 bits per heavy atom. The van der Waals surface area contributed by atoms with Crippen LogP contribution in [0.15, 0.2) is 188 Å². The number of aryl methyl sites for hydroxylation is 1. The van der Waals surface area contributed by atoms with Crippen molar-refractivity contribution in [3.05, 3.63) is 194 Å². The molecule has 0 aliphatic heterocycles. The summed E-state index contributed by atoms with van der Waals surface area (Å²) in [4.78, 5) is 0. The summed E-state index contributed by atoms with van der Waals surface area (Å²) in [5.41, 5.74) is 13.7. The predicted octanol–water partition coefficient (Wildman–Crippen LogP) is 16.1. The van der Waals surface area contributed by atoms with Gasteiger partial charge >= 0.3 is 0 Å². The van der Waals surface area contributed by atoms with Gasteiger partial charge in [-0.05, 0) is 118 Å². The van der Waals surface area contributed by atoms with Crippen molar-refractivity contribution in [1.29, 1.82) is 0 Å². The second kappa shape index (κ2) is 13.6. The zero-order valence-electron chi connectivity index (χ0n) is 32.8. The summed E-state index contributed by atoms with van der Waals surface area (Å²) in [6, 6.07) is 69.9. The van der Waals surface area contributed by atoms with Crippen molar-refractivity contribution < 1.29 is 0 Å². The van der Waals surface area contributed by atoms with E-state index in [1.54, 1.807) is 0 Å². The van der Waals surface area contributed by atoms with Crippen molar-refractivity contribution in [2.45, 2.75) is 26.2 Å². The quantitative estimate of drug-likeness (QED) is 0.153. The number of rotatable bonds is 7. The van der Waals surface area contributed by atoms with Gasteiger partial charge < -0.3 is 9.13 Å². The van der Waals surface area contributed by atoms with E-state index < -0.39 is 0 Å².